The Kier molecular flexibility index (Phi) is 6.64. The highest BCUT2D eigenvalue weighted by Gasteiger charge is 2.20. The lowest BCUT2D eigenvalue weighted by atomic mass is 10.1. The highest BCUT2D eigenvalue weighted by molar-refractivity contribution is 7.98. The summed E-state index contributed by atoms with van der Waals surface area (Å²) in [5.74, 6) is -0.0528. The number of imidazole rings is 1. The first-order valence-corrected chi connectivity index (χ1v) is 9.36. The molecular formula is C18H24N4O2S. The molecule has 2 rings (SSSR count). The van der Waals surface area contributed by atoms with Crippen molar-refractivity contribution < 1.29 is 9.59 Å². The van der Waals surface area contributed by atoms with Crippen molar-refractivity contribution in [1.82, 2.24) is 19.8 Å². The standard InChI is InChI=1S/C18H24N4O2S/c1-13(2)11-21(12-16(23)19-3)17(24)14-6-5-7-15(10-14)22-9-8-20-18(22)25-4/h5-10,13H,11-12H2,1-4H3,(H,19,23). The van der Waals surface area contributed by atoms with Crippen molar-refractivity contribution in [3.05, 3.63) is 42.2 Å². The first-order valence-electron chi connectivity index (χ1n) is 8.14. The van der Waals surface area contributed by atoms with Crippen molar-refractivity contribution in [3.63, 3.8) is 0 Å². The van der Waals surface area contributed by atoms with Crippen molar-refractivity contribution in [1.29, 1.82) is 0 Å². The number of hydrogen-bond donors (Lipinski definition) is 1. The molecule has 0 bridgehead atoms. The Morgan fingerprint density at radius 2 is 2.12 bits per heavy atom. The summed E-state index contributed by atoms with van der Waals surface area (Å²) in [7, 11) is 1.57. The van der Waals surface area contributed by atoms with E-state index in [0.717, 1.165) is 10.8 Å². The Hall–Kier alpha value is -2.28. The number of nitrogens with one attached hydrogen (secondary N) is 1. The number of likely N-dealkylation sites (N-methyl/N-ethyl adjacent to an activating group) is 1. The summed E-state index contributed by atoms with van der Waals surface area (Å²) in [6.07, 6.45) is 5.56. The van der Waals surface area contributed by atoms with Crippen molar-refractivity contribution in [2.75, 3.05) is 26.4 Å². The summed E-state index contributed by atoms with van der Waals surface area (Å²) in [6, 6.07) is 7.39. The molecule has 0 saturated heterocycles. The third-order valence-corrected chi connectivity index (χ3v) is 4.31. The zero-order valence-corrected chi connectivity index (χ0v) is 15.8. The Morgan fingerprint density at radius 3 is 2.76 bits per heavy atom. The highest BCUT2D eigenvalue weighted by Crippen LogP contribution is 2.19. The molecule has 0 saturated carbocycles. The molecule has 1 aromatic heterocycles. The fourth-order valence-electron chi connectivity index (χ4n) is 2.52. The molecule has 25 heavy (non-hydrogen) atoms. The van der Waals surface area contributed by atoms with E-state index in [1.165, 1.54) is 0 Å². The summed E-state index contributed by atoms with van der Waals surface area (Å²) >= 11 is 1.54. The third kappa shape index (κ3) is 4.85. The maximum Gasteiger partial charge on any atom is 0.254 e. The second-order valence-electron chi connectivity index (χ2n) is 6.09. The lowest BCUT2D eigenvalue weighted by Crippen LogP contribution is -2.41. The average Bonchev–Trinajstić information content (AvgIpc) is 3.08. The van der Waals surface area contributed by atoms with Crippen LogP contribution in [-0.4, -0.2) is 52.7 Å². The van der Waals surface area contributed by atoms with Crippen molar-refractivity contribution in [2.24, 2.45) is 5.92 Å². The number of rotatable bonds is 7. The van der Waals surface area contributed by atoms with Gasteiger partial charge in [0.1, 0.15) is 0 Å². The van der Waals surface area contributed by atoms with E-state index in [9.17, 15) is 9.59 Å². The molecule has 7 heteroatoms. The summed E-state index contributed by atoms with van der Waals surface area (Å²) < 4.78 is 1.94. The number of nitrogens with zero attached hydrogens (tertiary/aromatic N) is 3. The molecule has 0 fully saturated rings. The van der Waals surface area contributed by atoms with Crippen LogP contribution < -0.4 is 5.32 Å². The molecule has 2 amide bonds. The van der Waals surface area contributed by atoms with Crippen LogP contribution in [0.5, 0.6) is 0 Å². The van der Waals surface area contributed by atoms with E-state index in [2.05, 4.69) is 10.3 Å². The van der Waals surface area contributed by atoms with Crippen molar-refractivity contribution in [3.8, 4) is 5.69 Å². The second-order valence-corrected chi connectivity index (χ2v) is 6.86. The monoisotopic (exact) mass is 360 g/mol. The Morgan fingerprint density at radius 1 is 1.36 bits per heavy atom. The fourth-order valence-corrected chi connectivity index (χ4v) is 3.05. The molecular weight excluding hydrogens is 336 g/mol. The minimum Gasteiger partial charge on any atom is -0.358 e. The molecule has 0 spiro atoms. The molecule has 134 valence electrons. The molecule has 1 aromatic carbocycles. The number of aromatic nitrogens is 2. The van der Waals surface area contributed by atoms with Crippen LogP contribution in [0.2, 0.25) is 0 Å². The van der Waals surface area contributed by atoms with E-state index in [4.69, 9.17) is 0 Å². The van der Waals surface area contributed by atoms with Gasteiger partial charge >= 0.3 is 0 Å². The number of thioether (sulfide) groups is 1. The summed E-state index contributed by atoms with van der Waals surface area (Å²) in [6.45, 7) is 4.63. The van der Waals surface area contributed by atoms with E-state index in [1.807, 2.05) is 49.1 Å². The summed E-state index contributed by atoms with van der Waals surface area (Å²) in [5, 5.41) is 3.43. The average molecular weight is 360 g/mol. The minimum atomic E-state index is -0.176. The predicted molar refractivity (Wildman–Crippen MR) is 100 cm³/mol. The lowest BCUT2D eigenvalue weighted by molar-refractivity contribution is -0.121. The van der Waals surface area contributed by atoms with Gasteiger partial charge in [0.25, 0.3) is 5.91 Å². The molecule has 1 N–H and O–H groups in total. The largest absolute Gasteiger partial charge is 0.358 e. The van der Waals surface area contributed by atoms with Crippen LogP contribution in [0.25, 0.3) is 5.69 Å². The van der Waals surface area contributed by atoms with Crippen LogP contribution in [0, 0.1) is 5.92 Å². The molecule has 2 aromatic rings. The predicted octanol–water partition coefficient (Wildman–Crippen LogP) is 2.44. The SMILES string of the molecule is CNC(=O)CN(CC(C)C)C(=O)c1cccc(-n2ccnc2SC)c1. The molecule has 6 nitrogen and oxygen atoms in total. The normalized spacial score (nSPS) is 10.8. The van der Waals surface area contributed by atoms with Crippen LogP contribution in [0.1, 0.15) is 24.2 Å². The zero-order valence-electron chi connectivity index (χ0n) is 15.0. The van der Waals surface area contributed by atoms with Crippen molar-refractivity contribution >= 4 is 23.6 Å². The number of carbonyl (C=O) groups is 2. The minimum absolute atomic E-state index is 0.0544. The molecule has 0 atom stereocenters. The third-order valence-electron chi connectivity index (χ3n) is 3.65. The molecule has 0 aliphatic rings. The number of amides is 2. The lowest BCUT2D eigenvalue weighted by Gasteiger charge is -2.24. The van der Waals surface area contributed by atoms with Gasteiger partial charge < -0.3 is 10.2 Å². The van der Waals surface area contributed by atoms with E-state index in [1.54, 1.807) is 36.0 Å². The van der Waals surface area contributed by atoms with Crippen LogP contribution in [0.15, 0.2) is 41.8 Å². The zero-order chi connectivity index (χ0) is 18.4. The van der Waals surface area contributed by atoms with Crippen molar-refractivity contribution in [2.45, 2.75) is 19.0 Å². The number of hydrogen-bond acceptors (Lipinski definition) is 4. The van der Waals surface area contributed by atoms with Gasteiger partial charge in [0, 0.05) is 37.2 Å². The quantitative estimate of drug-likeness (QED) is 0.770. The van der Waals surface area contributed by atoms with Crippen LogP contribution in [0.3, 0.4) is 0 Å². The van der Waals surface area contributed by atoms with Crippen LogP contribution in [0.4, 0.5) is 0 Å². The van der Waals surface area contributed by atoms with Crippen LogP contribution in [-0.2, 0) is 4.79 Å². The molecule has 1 heterocycles. The summed E-state index contributed by atoms with van der Waals surface area (Å²) in [5.41, 5.74) is 1.43. The highest BCUT2D eigenvalue weighted by atomic mass is 32.2. The first kappa shape index (κ1) is 19.1. The van der Waals surface area contributed by atoms with Gasteiger partial charge in [0.05, 0.1) is 6.54 Å². The topological polar surface area (TPSA) is 67.2 Å². The Bertz CT molecular complexity index is 742. The summed E-state index contributed by atoms with van der Waals surface area (Å²) in [4.78, 5) is 30.6. The number of benzene rings is 1. The second kappa shape index (κ2) is 8.71. The first-order chi connectivity index (χ1) is 12.0. The maximum atomic E-state index is 12.9. The van der Waals surface area contributed by atoms with Crippen LogP contribution >= 0.6 is 11.8 Å². The van der Waals surface area contributed by atoms with Gasteiger partial charge in [-0.05, 0) is 30.4 Å². The van der Waals surface area contributed by atoms with E-state index < -0.39 is 0 Å². The van der Waals surface area contributed by atoms with E-state index >= 15 is 0 Å². The molecule has 0 unspecified atom stereocenters. The molecule has 0 radical (unpaired) electrons. The van der Waals surface area contributed by atoms with Gasteiger partial charge in [-0.3, -0.25) is 14.2 Å². The van der Waals surface area contributed by atoms with Gasteiger partial charge in [-0.25, -0.2) is 4.98 Å². The maximum absolute atomic E-state index is 12.9. The Balaban J connectivity index is 2.30. The van der Waals surface area contributed by atoms with E-state index in [-0.39, 0.29) is 24.3 Å². The molecule has 0 aliphatic heterocycles. The van der Waals surface area contributed by atoms with Gasteiger partial charge in [-0.15, -0.1) is 0 Å². The Labute approximate surface area is 152 Å². The van der Waals surface area contributed by atoms with Gasteiger partial charge in [-0.1, -0.05) is 31.7 Å². The van der Waals surface area contributed by atoms with E-state index in [0.29, 0.717) is 12.1 Å². The smallest absolute Gasteiger partial charge is 0.254 e. The van der Waals surface area contributed by atoms with Gasteiger partial charge in [-0.2, -0.15) is 0 Å². The fraction of sp³-hybridized carbons (Fsp3) is 0.389. The van der Waals surface area contributed by atoms with Gasteiger partial charge in [0.15, 0.2) is 5.16 Å². The number of carbonyl (C=O) groups excluding carboxylic acids is 2. The molecule has 0 aliphatic carbocycles. The van der Waals surface area contributed by atoms with Gasteiger partial charge in [0.2, 0.25) is 5.91 Å².